The van der Waals surface area contributed by atoms with Gasteiger partial charge in [-0.3, -0.25) is 9.36 Å². The summed E-state index contributed by atoms with van der Waals surface area (Å²) in [5.41, 5.74) is 4.03. The van der Waals surface area contributed by atoms with E-state index in [9.17, 15) is 4.79 Å². The predicted molar refractivity (Wildman–Crippen MR) is 109 cm³/mol. The minimum absolute atomic E-state index is 0.0455. The van der Waals surface area contributed by atoms with Crippen molar-refractivity contribution in [1.29, 1.82) is 0 Å². The van der Waals surface area contributed by atoms with E-state index in [1.165, 1.54) is 5.56 Å². The summed E-state index contributed by atoms with van der Waals surface area (Å²) in [7, 11) is 1.81. The summed E-state index contributed by atoms with van der Waals surface area (Å²) in [4.78, 5) is 22.9. The van der Waals surface area contributed by atoms with Gasteiger partial charge < -0.3 is 4.90 Å². The molecule has 2 aromatic heterocycles. The molecule has 0 aliphatic heterocycles. The van der Waals surface area contributed by atoms with Gasteiger partial charge in [-0.15, -0.1) is 0 Å². The van der Waals surface area contributed by atoms with E-state index < -0.39 is 0 Å². The number of pyridine rings is 1. The lowest BCUT2D eigenvalue weighted by Gasteiger charge is -2.18. The summed E-state index contributed by atoms with van der Waals surface area (Å²) in [5, 5.41) is 0. The molecule has 0 saturated heterocycles. The summed E-state index contributed by atoms with van der Waals surface area (Å²) in [6.07, 6.45) is 6.79. The highest BCUT2D eigenvalue weighted by Crippen LogP contribution is 2.20. The van der Waals surface area contributed by atoms with Gasteiger partial charge in [0.25, 0.3) is 5.91 Å². The standard InChI is InChI=1S/C23H20N4O/c1-26(16-18-7-9-20(10-8-18)19-5-3-2-4-6-19)23(28)21-11-12-25-22(15-21)27-14-13-24-17-27/h2-15,17H,16H2,1H3. The molecule has 0 aliphatic rings. The van der Waals surface area contributed by atoms with Crippen LogP contribution in [-0.2, 0) is 6.54 Å². The largest absolute Gasteiger partial charge is 0.337 e. The molecule has 0 bridgehead atoms. The second-order valence-corrected chi connectivity index (χ2v) is 6.60. The van der Waals surface area contributed by atoms with E-state index in [0.717, 1.165) is 11.1 Å². The van der Waals surface area contributed by atoms with Crippen molar-refractivity contribution in [3.63, 3.8) is 0 Å². The summed E-state index contributed by atoms with van der Waals surface area (Å²) >= 11 is 0. The first-order valence-corrected chi connectivity index (χ1v) is 9.05. The fourth-order valence-electron chi connectivity index (χ4n) is 3.09. The molecule has 0 saturated carbocycles. The molecule has 5 nitrogen and oxygen atoms in total. The number of hydrogen-bond donors (Lipinski definition) is 0. The van der Waals surface area contributed by atoms with Crippen molar-refractivity contribution in [2.75, 3.05) is 7.05 Å². The van der Waals surface area contributed by atoms with Crippen molar-refractivity contribution in [1.82, 2.24) is 19.4 Å². The van der Waals surface area contributed by atoms with Crippen molar-refractivity contribution in [3.05, 3.63) is 103 Å². The molecule has 2 aromatic carbocycles. The molecule has 0 unspecified atom stereocenters. The van der Waals surface area contributed by atoms with Gasteiger partial charge in [0.1, 0.15) is 12.1 Å². The molecule has 2 heterocycles. The molecule has 138 valence electrons. The Hall–Kier alpha value is -3.73. The molecular formula is C23H20N4O. The molecule has 0 spiro atoms. The highest BCUT2D eigenvalue weighted by atomic mass is 16.2. The number of imidazole rings is 1. The van der Waals surface area contributed by atoms with Crippen LogP contribution in [0.25, 0.3) is 16.9 Å². The fraction of sp³-hybridized carbons (Fsp3) is 0.0870. The average Bonchev–Trinajstić information content (AvgIpc) is 3.29. The molecule has 1 amide bonds. The topological polar surface area (TPSA) is 51.0 Å². The molecule has 0 aliphatic carbocycles. The van der Waals surface area contributed by atoms with Crippen LogP contribution in [0.1, 0.15) is 15.9 Å². The van der Waals surface area contributed by atoms with Crippen LogP contribution in [0.5, 0.6) is 0 Å². The van der Waals surface area contributed by atoms with Crippen LogP contribution in [0.15, 0.2) is 91.6 Å². The van der Waals surface area contributed by atoms with Gasteiger partial charge in [0, 0.05) is 37.7 Å². The van der Waals surface area contributed by atoms with Crippen LogP contribution in [-0.4, -0.2) is 32.4 Å². The maximum Gasteiger partial charge on any atom is 0.254 e. The van der Waals surface area contributed by atoms with Crippen LogP contribution in [0.2, 0.25) is 0 Å². The fourth-order valence-corrected chi connectivity index (χ4v) is 3.09. The van der Waals surface area contributed by atoms with Crippen molar-refractivity contribution >= 4 is 5.91 Å². The third-order valence-corrected chi connectivity index (χ3v) is 4.59. The van der Waals surface area contributed by atoms with E-state index in [0.29, 0.717) is 17.9 Å². The first-order valence-electron chi connectivity index (χ1n) is 9.05. The van der Waals surface area contributed by atoms with Gasteiger partial charge in [-0.05, 0) is 28.8 Å². The number of carbonyl (C=O) groups excluding carboxylic acids is 1. The molecular weight excluding hydrogens is 348 g/mol. The minimum atomic E-state index is -0.0455. The monoisotopic (exact) mass is 368 g/mol. The van der Waals surface area contributed by atoms with Crippen LogP contribution >= 0.6 is 0 Å². The van der Waals surface area contributed by atoms with Crippen molar-refractivity contribution in [2.45, 2.75) is 6.54 Å². The molecule has 5 heteroatoms. The highest BCUT2D eigenvalue weighted by molar-refractivity contribution is 5.94. The third-order valence-electron chi connectivity index (χ3n) is 4.59. The van der Waals surface area contributed by atoms with Gasteiger partial charge >= 0.3 is 0 Å². The Bertz CT molecular complexity index is 1060. The SMILES string of the molecule is CN(Cc1ccc(-c2ccccc2)cc1)C(=O)c1ccnc(-n2ccnc2)c1. The van der Waals surface area contributed by atoms with E-state index in [4.69, 9.17) is 0 Å². The zero-order chi connectivity index (χ0) is 19.3. The van der Waals surface area contributed by atoms with E-state index in [2.05, 4.69) is 46.4 Å². The summed E-state index contributed by atoms with van der Waals surface area (Å²) in [6, 6.07) is 22.1. The third kappa shape index (κ3) is 3.83. The lowest BCUT2D eigenvalue weighted by molar-refractivity contribution is 0.0785. The first-order chi connectivity index (χ1) is 13.7. The van der Waals surface area contributed by atoms with Gasteiger partial charge in [0.05, 0.1) is 0 Å². The molecule has 0 fully saturated rings. The number of hydrogen-bond acceptors (Lipinski definition) is 3. The predicted octanol–water partition coefficient (Wildman–Crippen LogP) is 4.21. The van der Waals surface area contributed by atoms with Crippen LogP contribution in [0.3, 0.4) is 0 Å². The van der Waals surface area contributed by atoms with E-state index >= 15 is 0 Å². The maximum atomic E-state index is 12.8. The van der Waals surface area contributed by atoms with Crippen molar-refractivity contribution < 1.29 is 4.79 Å². The summed E-state index contributed by atoms with van der Waals surface area (Å²) in [6.45, 7) is 0.538. The summed E-state index contributed by atoms with van der Waals surface area (Å²) < 4.78 is 1.78. The minimum Gasteiger partial charge on any atom is -0.337 e. The molecule has 0 atom stereocenters. The molecule has 4 rings (SSSR count). The Morgan fingerprint density at radius 3 is 2.43 bits per heavy atom. The van der Waals surface area contributed by atoms with Gasteiger partial charge in [0.15, 0.2) is 0 Å². The summed E-state index contributed by atoms with van der Waals surface area (Å²) in [5.74, 6) is 0.625. The van der Waals surface area contributed by atoms with Crippen molar-refractivity contribution in [3.8, 4) is 16.9 Å². The molecule has 0 N–H and O–H groups in total. The Morgan fingerprint density at radius 1 is 0.964 bits per heavy atom. The quantitative estimate of drug-likeness (QED) is 0.530. The number of nitrogens with zero attached hydrogens (tertiary/aromatic N) is 4. The Morgan fingerprint density at radius 2 is 1.71 bits per heavy atom. The molecule has 4 aromatic rings. The number of rotatable bonds is 5. The zero-order valence-electron chi connectivity index (χ0n) is 15.6. The number of amides is 1. The van der Waals surface area contributed by atoms with Crippen LogP contribution in [0, 0.1) is 0 Å². The van der Waals surface area contributed by atoms with Gasteiger partial charge in [-0.1, -0.05) is 54.6 Å². The molecule has 28 heavy (non-hydrogen) atoms. The second-order valence-electron chi connectivity index (χ2n) is 6.60. The number of carbonyl (C=O) groups is 1. The zero-order valence-corrected chi connectivity index (χ0v) is 15.6. The van der Waals surface area contributed by atoms with E-state index in [-0.39, 0.29) is 5.91 Å². The number of aromatic nitrogens is 3. The van der Waals surface area contributed by atoms with Crippen molar-refractivity contribution in [2.24, 2.45) is 0 Å². The normalized spacial score (nSPS) is 10.6. The lowest BCUT2D eigenvalue weighted by atomic mass is 10.0. The van der Waals surface area contributed by atoms with Crippen LogP contribution < -0.4 is 0 Å². The maximum absolute atomic E-state index is 12.8. The van der Waals surface area contributed by atoms with Gasteiger partial charge in [-0.2, -0.15) is 0 Å². The van der Waals surface area contributed by atoms with E-state index in [1.807, 2.05) is 25.2 Å². The number of benzene rings is 2. The van der Waals surface area contributed by atoms with Gasteiger partial charge in [0.2, 0.25) is 0 Å². The van der Waals surface area contributed by atoms with Crippen LogP contribution in [0.4, 0.5) is 0 Å². The Balaban J connectivity index is 1.47. The Labute approximate surface area is 163 Å². The van der Waals surface area contributed by atoms with E-state index in [1.54, 1.807) is 46.5 Å². The molecule has 0 radical (unpaired) electrons. The smallest absolute Gasteiger partial charge is 0.254 e. The average molecular weight is 368 g/mol. The Kier molecular flexibility index (Phi) is 4.97. The van der Waals surface area contributed by atoms with Gasteiger partial charge in [-0.25, -0.2) is 9.97 Å². The highest BCUT2D eigenvalue weighted by Gasteiger charge is 2.13. The second kappa shape index (κ2) is 7.88. The lowest BCUT2D eigenvalue weighted by Crippen LogP contribution is -2.26. The first kappa shape index (κ1) is 17.7.